The van der Waals surface area contributed by atoms with Gasteiger partial charge in [-0.05, 0) is 12.8 Å². The fourth-order valence-corrected chi connectivity index (χ4v) is 7.31. The molecule has 0 aromatic heterocycles. The molecule has 0 N–H and O–H groups in total. The molecule has 0 amide bonds. The zero-order valence-electron chi connectivity index (χ0n) is 28.9. The molecule has 0 rings (SSSR count). The molecule has 2 heteroatoms. The van der Waals surface area contributed by atoms with Crippen LogP contribution in [0.4, 0.5) is 0 Å². The summed E-state index contributed by atoms with van der Waals surface area (Å²) in [5.74, 6) is 0. The maximum atomic E-state index is 2.48. The Balaban J connectivity index is 0. The molecule has 0 aromatic carbocycles. The molecule has 0 radical (unpaired) electrons. The van der Waals surface area contributed by atoms with E-state index in [2.05, 4.69) is 26.9 Å². The van der Waals surface area contributed by atoms with Crippen LogP contribution < -0.4 is 17.0 Å². The van der Waals surface area contributed by atoms with E-state index in [0.717, 1.165) is 0 Å². The lowest BCUT2D eigenvalue weighted by atomic mass is 10.0. The lowest BCUT2D eigenvalue weighted by Crippen LogP contribution is -3.00. The van der Waals surface area contributed by atoms with Crippen molar-refractivity contribution in [3.8, 4) is 0 Å². The summed E-state index contributed by atoms with van der Waals surface area (Å²) >= 11 is 0. The molecular formula is C38H80BrP. The number of halogens is 1. The van der Waals surface area contributed by atoms with Crippen molar-refractivity contribution in [1.29, 1.82) is 0 Å². The van der Waals surface area contributed by atoms with Gasteiger partial charge in [0.25, 0.3) is 0 Å². The molecule has 244 valence electrons. The average molecular weight is 648 g/mol. The third kappa shape index (κ3) is 41.0. The van der Waals surface area contributed by atoms with Crippen molar-refractivity contribution >= 4 is 7.26 Å². The molecule has 0 spiro atoms. The Morgan fingerprint density at radius 1 is 0.250 bits per heavy atom. The van der Waals surface area contributed by atoms with Gasteiger partial charge >= 0.3 is 0 Å². The van der Waals surface area contributed by atoms with Crippen LogP contribution in [0.1, 0.15) is 219 Å². The van der Waals surface area contributed by atoms with E-state index in [0.29, 0.717) is 0 Å². The molecule has 0 aliphatic rings. The quantitative estimate of drug-likeness (QED) is 0.0482. The van der Waals surface area contributed by atoms with E-state index in [-0.39, 0.29) is 17.0 Å². The number of hydrogen-bond acceptors (Lipinski definition) is 0. The Bertz CT molecular complexity index is 430. The van der Waals surface area contributed by atoms with Crippen LogP contribution in [0.2, 0.25) is 0 Å². The molecule has 0 unspecified atom stereocenters. The first-order chi connectivity index (χ1) is 19.1. The van der Waals surface area contributed by atoms with Crippen LogP contribution in [0.5, 0.6) is 0 Å². The largest absolute Gasteiger partial charge is 1.00 e. The number of unbranched alkanes of at least 4 members (excludes halogenated alkanes) is 32. The standard InChI is InChI=1S/C38H80P.BrH/c1-5-6-7-8-9-10-11-12-13-14-15-16-17-18-19-20-21-22-23-24-25-26-27-28-29-30-31-32-33-34-35-36-37-38-39(2,3)4;/h5-38H2,1-4H3;1H/q+1;/p-1. The first-order valence-corrected chi connectivity index (χ1v) is 22.2. The van der Waals surface area contributed by atoms with Gasteiger partial charge in [-0.15, -0.1) is 0 Å². The zero-order chi connectivity index (χ0) is 28.5. The molecule has 0 aromatic rings. The van der Waals surface area contributed by atoms with E-state index in [9.17, 15) is 0 Å². The van der Waals surface area contributed by atoms with Gasteiger partial charge in [-0.3, -0.25) is 0 Å². The predicted molar refractivity (Wildman–Crippen MR) is 188 cm³/mol. The molecule has 0 aliphatic carbocycles. The molecule has 0 heterocycles. The summed E-state index contributed by atoms with van der Waals surface area (Å²) in [5.41, 5.74) is 0. The van der Waals surface area contributed by atoms with E-state index in [1.807, 2.05) is 0 Å². The fraction of sp³-hybridized carbons (Fsp3) is 1.00. The third-order valence-electron chi connectivity index (χ3n) is 8.93. The van der Waals surface area contributed by atoms with Crippen LogP contribution in [0.25, 0.3) is 0 Å². The topological polar surface area (TPSA) is 0 Å². The fourth-order valence-electron chi connectivity index (χ4n) is 6.14. The van der Waals surface area contributed by atoms with Crippen LogP contribution in [-0.2, 0) is 0 Å². The summed E-state index contributed by atoms with van der Waals surface area (Å²) in [6.07, 6.45) is 50.6. The first kappa shape index (κ1) is 43.0. The normalized spacial score (nSPS) is 11.7. The molecule has 0 bridgehead atoms. The van der Waals surface area contributed by atoms with Crippen LogP contribution in [-0.4, -0.2) is 26.2 Å². The van der Waals surface area contributed by atoms with Crippen LogP contribution in [0, 0.1) is 0 Å². The van der Waals surface area contributed by atoms with Crippen molar-refractivity contribution in [3.05, 3.63) is 0 Å². The highest BCUT2D eigenvalue weighted by atomic mass is 79.9. The molecule has 0 nitrogen and oxygen atoms in total. The minimum absolute atomic E-state index is 0. The molecule has 0 atom stereocenters. The number of rotatable bonds is 34. The van der Waals surface area contributed by atoms with Gasteiger partial charge < -0.3 is 17.0 Å². The van der Waals surface area contributed by atoms with Crippen molar-refractivity contribution in [3.63, 3.8) is 0 Å². The van der Waals surface area contributed by atoms with Crippen molar-refractivity contribution in [2.24, 2.45) is 0 Å². The highest BCUT2D eigenvalue weighted by Crippen LogP contribution is 2.47. The maximum Gasteiger partial charge on any atom is 0.0586 e. The molecule has 0 saturated heterocycles. The molecule has 0 fully saturated rings. The van der Waals surface area contributed by atoms with Gasteiger partial charge in [0.2, 0.25) is 0 Å². The van der Waals surface area contributed by atoms with E-state index >= 15 is 0 Å². The summed E-state index contributed by atoms with van der Waals surface area (Å²) in [7, 11) is -0.520. The Kier molecular flexibility index (Phi) is 38.8. The average Bonchev–Trinajstić information content (AvgIpc) is 2.90. The predicted octanol–water partition coefficient (Wildman–Crippen LogP) is 11.8. The van der Waals surface area contributed by atoms with Gasteiger partial charge in [-0.25, -0.2) is 0 Å². The minimum Gasteiger partial charge on any atom is -1.00 e. The molecule has 0 saturated carbocycles. The SMILES string of the molecule is CCCCCCCCCCCCCCCCCCCCCCCCCCCCCCCCCCC[P+](C)(C)C.[Br-]. The van der Waals surface area contributed by atoms with E-state index in [4.69, 9.17) is 0 Å². The van der Waals surface area contributed by atoms with Gasteiger partial charge in [0, 0.05) is 27.3 Å². The molecule has 40 heavy (non-hydrogen) atoms. The van der Waals surface area contributed by atoms with Crippen molar-refractivity contribution in [2.45, 2.75) is 219 Å². The first-order valence-electron chi connectivity index (χ1n) is 18.9. The van der Waals surface area contributed by atoms with Gasteiger partial charge in [0.1, 0.15) is 0 Å². The number of hydrogen-bond donors (Lipinski definition) is 0. The van der Waals surface area contributed by atoms with Crippen LogP contribution >= 0.6 is 7.26 Å². The second kappa shape index (κ2) is 36.1. The third-order valence-corrected chi connectivity index (χ3v) is 10.6. The zero-order valence-corrected chi connectivity index (χ0v) is 31.3. The lowest BCUT2D eigenvalue weighted by molar-refractivity contribution is -0.00000894. The Hall–Kier alpha value is 0.910. The van der Waals surface area contributed by atoms with E-state index in [1.54, 1.807) is 0 Å². The smallest absolute Gasteiger partial charge is 0.0586 e. The highest BCUT2D eigenvalue weighted by molar-refractivity contribution is 7.73. The van der Waals surface area contributed by atoms with Gasteiger partial charge in [-0.2, -0.15) is 0 Å². The van der Waals surface area contributed by atoms with Gasteiger partial charge in [-0.1, -0.05) is 206 Å². The van der Waals surface area contributed by atoms with E-state index < -0.39 is 7.26 Å². The van der Waals surface area contributed by atoms with Crippen LogP contribution in [0.15, 0.2) is 0 Å². The molecular weight excluding hydrogens is 567 g/mol. The molecule has 0 aliphatic heterocycles. The van der Waals surface area contributed by atoms with Crippen molar-refractivity contribution in [2.75, 3.05) is 26.2 Å². The van der Waals surface area contributed by atoms with Crippen molar-refractivity contribution < 1.29 is 17.0 Å². The summed E-state index contributed by atoms with van der Waals surface area (Å²) in [4.78, 5) is 0. The lowest BCUT2D eigenvalue weighted by Gasteiger charge is -2.10. The van der Waals surface area contributed by atoms with Crippen LogP contribution in [0.3, 0.4) is 0 Å². The Labute approximate surface area is 268 Å². The second-order valence-electron chi connectivity index (χ2n) is 14.3. The Morgan fingerprint density at radius 2 is 0.400 bits per heavy atom. The summed E-state index contributed by atoms with van der Waals surface area (Å²) in [6.45, 7) is 9.76. The maximum absolute atomic E-state index is 2.48. The van der Waals surface area contributed by atoms with Gasteiger partial charge in [0.05, 0.1) is 6.16 Å². The second-order valence-corrected chi connectivity index (χ2v) is 19.4. The Morgan fingerprint density at radius 3 is 0.550 bits per heavy atom. The van der Waals surface area contributed by atoms with E-state index in [1.165, 1.54) is 218 Å². The minimum atomic E-state index is -0.520. The highest BCUT2D eigenvalue weighted by Gasteiger charge is 2.15. The summed E-state index contributed by atoms with van der Waals surface area (Å²) in [5, 5.41) is 0. The summed E-state index contributed by atoms with van der Waals surface area (Å²) in [6, 6.07) is 0. The van der Waals surface area contributed by atoms with Gasteiger partial charge in [0.15, 0.2) is 0 Å². The monoisotopic (exact) mass is 647 g/mol. The van der Waals surface area contributed by atoms with Crippen molar-refractivity contribution in [1.82, 2.24) is 0 Å². The summed E-state index contributed by atoms with van der Waals surface area (Å²) < 4.78 is 0.